The van der Waals surface area contributed by atoms with Crippen LogP contribution in [0.4, 0.5) is 5.69 Å². The Morgan fingerprint density at radius 2 is 1.64 bits per heavy atom. The molecule has 3 rings (SSSR count). The zero-order chi connectivity index (χ0) is 26.3. The summed E-state index contributed by atoms with van der Waals surface area (Å²) in [5.41, 5.74) is 0.347. The largest absolute Gasteiger partial charge is 0.492 e. The van der Waals surface area contributed by atoms with Crippen molar-refractivity contribution in [1.82, 2.24) is 9.62 Å². The number of anilines is 1. The van der Waals surface area contributed by atoms with Crippen molar-refractivity contribution in [3.63, 3.8) is 0 Å². The number of halogens is 1. The molecule has 1 aliphatic heterocycles. The van der Waals surface area contributed by atoms with Crippen molar-refractivity contribution < 1.29 is 26.4 Å². The fourth-order valence-corrected chi connectivity index (χ4v) is 6.93. The van der Waals surface area contributed by atoms with Crippen LogP contribution in [-0.2, 0) is 24.8 Å². The number of carbonyl (C=O) groups is 1. The Labute approximate surface area is 218 Å². The molecule has 198 valence electrons. The van der Waals surface area contributed by atoms with Crippen LogP contribution in [0, 0.1) is 0 Å². The first-order valence-corrected chi connectivity index (χ1v) is 15.5. The van der Waals surface area contributed by atoms with Crippen LogP contribution in [0.1, 0.15) is 32.6 Å². The molecule has 0 bridgehead atoms. The predicted molar refractivity (Wildman–Crippen MR) is 140 cm³/mol. The summed E-state index contributed by atoms with van der Waals surface area (Å²) < 4.78 is 58.7. The van der Waals surface area contributed by atoms with E-state index in [2.05, 4.69) is 5.32 Å². The molecule has 0 spiro atoms. The highest BCUT2D eigenvalue weighted by Crippen LogP contribution is 2.25. The minimum Gasteiger partial charge on any atom is -0.492 e. The van der Waals surface area contributed by atoms with Crippen molar-refractivity contribution in [2.45, 2.75) is 43.5 Å². The highest BCUT2D eigenvalue weighted by atomic mass is 35.5. The van der Waals surface area contributed by atoms with Crippen LogP contribution in [0.25, 0.3) is 0 Å². The van der Waals surface area contributed by atoms with Gasteiger partial charge in [-0.1, -0.05) is 24.9 Å². The van der Waals surface area contributed by atoms with Gasteiger partial charge in [0, 0.05) is 18.1 Å². The molecule has 1 aliphatic rings. The number of hydrogen-bond donors (Lipinski definition) is 1. The van der Waals surface area contributed by atoms with E-state index in [4.69, 9.17) is 16.3 Å². The Kier molecular flexibility index (Phi) is 9.62. The first-order chi connectivity index (χ1) is 17.0. The van der Waals surface area contributed by atoms with Crippen LogP contribution in [0.5, 0.6) is 5.75 Å². The predicted octanol–water partition coefficient (Wildman–Crippen LogP) is 3.25. The molecule has 36 heavy (non-hydrogen) atoms. The molecule has 2 aromatic carbocycles. The molecule has 9 nitrogen and oxygen atoms in total. The molecule has 1 atom stereocenters. The number of piperidine rings is 1. The Morgan fingerprint density at radius 3 is 2.19 bits per heavy atom. The van der Waals surface area contributed by atoms with Crippen LogP contribution in [0.2, 0.25) is 5.02 Å². The Morgan fingerprint density at radius 1 is 1.03 bits per heavy atom. The summed E-state index contributed by atoms with van der Waals surface area (Å²) in [6.07, 6.45) is 4.09. The standard InChI is InChI=1S/C24H32ClN3O6S2/c1-3-23(28(35(2,30)31)20-9-7-19(25)8-10-20)24(29)26-15-18-34-21-11-13-22(14-12-21)36(32,33)27-16-5-4-6-17-27/h7-14,23H,3-6,15-18H2,1-2H3,(H,26,29). The third-order valence-corrected chi connectivity index (χ3v) is 9.20. The van der Waals surface area contributed by atoms with Gasteiger partial charge in [0.05, 0.1) is 23.4 Å². The van der Waals surface area contributed by atoms with Crippen molar-refractivity contribution in [3.05, 3.63) is 53.6 Å². The molecule has 0 radical (unpaired) electrons. The molecule has 12 heteroatoms. The SMILES string of the molecule is CCC(C(=O)NCCOc1ccc(S(=O)(=O)N2CCCCC2)cc1)N(c1ccc(Cl)cc1)S(C)(=O)=O. The van der Waals surface area contributed by atoms with Gasteiger partial charge in [-0.15, -0.1) is 0 Å². The quantitative estimate of drug-likeness (QED) is 0.424. The number of nitrogens with one attached hydrogen (secondary N) is 1. The molecule has 1 unspecified atom stereocenters. The van der Waals surface area contributed by atoms with Gasteiger partial charge in [0.15, 0.2) is 0 Å². The van der Waals surface area contributed by atoms with Crippen molar-refractivity contribution >= 4 is 43.2 Å². The van der Waals surface area contributed by atoms with E-state index in [1.165, 1.54) is 16.4 Å². The third kappa shape index (κ3) is 7.12. The molecule has 1 saturated heterocycles. The summed E-state index contributed by atoms with van der Waals surface area (Å²) >= 11 is 5.91. The Balaban J connectivity index is 1.56. The number of amides is 1. The highest BCUT2D eigenvalue weighted by Gasteiger charge is 2.31. The van der Waals surface area contributed by atoms with E-state index in [1.807, 2.05) is 0 Å². The molecule has 0 aromatic heterocycles. The second-order valence-corrected chi connectivity index (χ2v) is 12.8. The van der Waals surface area contributed by atoms with E-state index in [-0.39, 0.29) is 24.5 Å². The number of carbonyl (C=O) groups excluding carboxylic acids is 1. The van der Waals surface area contributed by atoms with Gasteiger partial charge in [-0.3, -0.25) is 9.10 Å². The van der Waals surface area contributed by atoms with Gasteiger partial charge in [0.25, 0.3) is 0 Å². The molecular formula is C24H32ClN3O6S2. The van der Waals surface area contributed by atoms with E-state index < -0.39 is 32.0 Å². The third-order valence-electron chi connectivity index (χ3n) is 5.86. The lowest BCUT2D eigenvalue weighted by Crippen LogP contribution is -2.50. The van der Waals surface area contributed by atoms with Gasteiger partial charge < -0.3 is 10.1 Å². The van der Waals surface area contributed by atoms with Crippen molar-refractivity contribution in [2.75, 3.05) is 36.8 Å². The van der Waals surface area contributed by atoms with Crippen LogP contribution < -0.4 is 14.4 Å². The molecule has 1 N–H and O–H groups in total. The summed E-state index contributed by atoms with van der Waals surface area (Å²) in [6, 6.07) is 11.5. The van der Waals surface area contributed by atoms with E-state index in [0.29, 0.717) is 29.5 Å². The fraction of sp³-hybridized carbons (Fsp3) is 0.458. The lowest BCUT2D eigenvalue weighted by Gasteiger charge is -2.30. The topological polar surface area (TPSA) is 113 Å². The first-order valence-electron chi connectivity index (χ1n) is 11.8. The number of rotatable bonds is 11. The summed E-state index contributed by atoms with van der Waals surface area (Å²) in [6.45, 7) is 3.07. The van der Waals surface area contributed by atoms with Crippen molar-refractivity contribution in [3.8, 4) is 5.75 Å². The average Bonchev–Trinajstić information content (AvgIpc) is 2.86. The normalized spacial score (nSPS) is 15.8. The van der Waals surface area contributed by atoms with E-state index in [1.54, 1.807) is 43.3 Å². The van der Waals surface area contributed by atoms with Gasteiger partial charge in [0.2, 0.25) is 26.0 Å². The minimum absolute atomic E-state index is 0.125. The summed E-state index contributed by atoms with van der Waals surface area (Å²) in [4.78, 5) is 13.1. The number of hydrogen-bond acceptors (Lipinski definition) is 6. The van der Waals surface area contributed by atoms with Crippen LogP contribution >= 0.6 is 11.6 Å². The smallest absolute Gasteiger partial charge is 0.244 e. The first kappa shape index (κ1) is 28.2. The van der Waals surface area contributed by atoms with Gasteiger partial charge in [-0.05, 0) is 67.8 Å². The lowest BCUT2D eigenvalue weighted by molar-refractivity contribution is -0.122. The second-order valence-electron chi connectivity index (χ2n) is 8.53. The fourth-order valence-electron chi connectivity index (χ4n) is 4.07. The number of ether oxygens (including phenoxy) is 1. The van der Waals surface area contributed by atoms with Crippen LogP contribution in [0.15, 0.2) is 53.4 Å². The zero-order valence-corrected chi connectivity index (χ0v) is 22.8. The van der Waals surface area contributed by atoms with Gasteiger partial charge in [0.1, 0.15) is 18.4 Å². The monoisotopic (exact) mass is 557 g/mol. The maximum Gasteiger partial charge on any atom is 0.244 e. The molecule has 0 saturated carbocycles. The van der Waals surface area contributed by atoms with Crippen LogP contribution in [0.3, 0.4) is 0 Å². The molecule has 1 heterocycles. The number of nitrogens with zero attached hydrogens (tertiary/aromatic N) is 2. The Hall–Kier alpha value is -2.34. The maximum atomic E-state index is 12.8. The average molecular weight is 558 g/mol. The second kappa shape index (κ2) is 12.3. The van der Waals surface area contributed by atoms with E-state index >= 15 is 0 Å². The molecule has 1 amide bonds. The molecule has 2 aromatic rings. The maximum absolute atomic E-state index is 12.8. The van der Waals surface area contributed by atoms with Gasteiger partial charge in [-0.25, -0.2) is 16.8 Å². The highest BCUT2D eigenvalue weighted by molar-refractivity contribution is 7.92. The van der Waals surface area contributed by atoms with E-state index in [0.717, 1.165) is 29.8 Å². The Bertz CT molecular complexity index is 1230. The summed E-state index contributed by atoms with van der Waals surface area (Å²) in [5, 5.41) is 3.18. The lowest BCUT2D eigenvalue weighted by atomic mass is 10.2. The zero-order valence-electron chi connectivity index (χ0n) is 20.4. The van der Waals surface area contributed by atoms with Crippen molar-refractivity contribution in [2.24, 2.45) is 0 Å². The minimum atomic E-state index is -3.74. The molecule has 0 aliphatic carbocycles. The van der Waals surface area contributed by atoms with Gasteiger partial charge in [-0.2, -0.15) is 4.31 Å². The number of sulfonamides is 2. The van der Waals surface area contributed by atoms with Gasteiger partial charge >= 0.3 is 0 Å². The molecular weight excluding hydrogens is 526 g/mol. The van der Waals surface area contributed by atoms with Crippen LogP contribution in [-0.4, -0.2) is 65.6 Å². The van der Waals surface area contributed by atoms with Crippen molar-refractivity contribution in [1.29, 1.82) is 0 Å². The molecule has 1 fully saturated rings. The summed E-state index contributed by atoms with van der Waals surface area (Å²) in [5.74, 6) is 0.0114. The number of benzene rings is 2. The summed E-state index contributed by atoms with van der Waals surface area (Å²) in [7, 11) is -7.25. The van der Waals surface area contributed by atoms with E-state index in [9.17, 15) is 21.6 Å².